The van der Waals surface area contributed by atoms with E-state index in [0.717, 1.165) is 11.1 Å². The molecule has 0 radical (unpaired) electrons. The Bertz CT molecular complexity index is 864. The number of carbonyl (C=O) groups excluding carboxylic acids is 1. The number of hydrogen-bond donors (Lipinski definition) is 1. The third kappa shape index (κ3) is 3.32. The molecule has 3 rings (SSSR count). The SMILES string of the molecule is COc1cc2c(cc1OC)[C@@H](c1cc(OC)c(OC)cc1OC)CC(=O)N2. The highest BCUT2D eigenvalue weighted by atomic mass is 16.5. The standard InChI is InChI=1S/C20H23NO6/c1-23-15-10-19(27-5)17(25-3)7-13(15)11-8-20(22)21-14-9-18(26-4)16(24-2)6-12(11)14/h6-7,9-11H,8H2,1-5H3,(H,21,22)/t11-/m0/s1. The lowest BCUT2D eigenvalue weighted by Crippen LogP contribution is -2.24. The van der Waals surface area contributed by atoms with Crippen LogP contribution in [0.2, 0.25) is 0 Å². The number of hydrogen-bond acceptors (Lipinski definition) is 6. The van der Waals surface area contributed by atoms with E-state index in [1.165, 1.54) is 0 Å². The molecule has 7 nitrogen and oxygen atoms in total. The first kappa shape index (κ1) is 18.7. The summed E-state index contributed by atoms with van der Waals surface area (Å²) < 4.78 is 27.2. The molecule has 2 aromatic carbocycles. The van der Waals surface area contributed by atoms with Crippen molar-refractivity contribution in [3.05, 3.63) is 35.4 Å². The summed E-state index contributed by atoms with van der Waals surface area (Å²) in [5.74, 6) is 2.58. The van der Waals surface area contributed by atoms with Crippen molar-refractivity contribution >= 4 is 11.6 Å². The van der Waals surface area contributed by atoms with Crippen molar-refractivity contribution in [1.29, 1.82) is 0 Å². The molecule has 144 valence electrons. The lowest BCUT2D eigenvalue weighted by Gasteiger charge is -2.28. The van der Waals surface area contributed by atoms with Gasteiger partial charge in [0.2, 0.25) is 5.91 Å². The summed E-state index contributed by atoms with van der Waals surface area (Å²) in [6.07, 6.45) is 0.272. The highest BCUT2D eigenvalue weighted by Gasteiger charge is 2.31. The first-order valence-corrected chi connectivity index (χ1v) is 8.41. The van der Waals surface area contributed by atoms with Crippen LogP contribution in [0.15, 0.2) is 24.3 Å². The molecular weight excluding hydrogens is 350 g/mol. The maximum absolute atomic E-state index is 12.4. The number of carbonyl (C=O) groups is 1. The average Bonchev–Trinajstić information content (AvgIpc) is 2.70. The number of ether oxygens (including phenoxy) is 5. The quantitative estimate of drug-likeness (QED) is 0.838. The second kappa shape index (κ2) is 7.65. The summed E-state index contributed by atoms with van der Waals surface area (Å²) in [5.41, 5.74) is 2.43. The van der Waals surface area contributed by atoms with Crippen LogP contribution in [-0.2, 0) is 4.79 Å². The molecule has 0 saturated heterocycles. The van der Waals surface area contributed by atoms with Crippen LogP contribution in [0, 0.1) is 0 Å². The topological polar surface area (TPSA) is 75.2 Å². The molecule has 1 aliphatic rings. The van der Waals surface area contributed by atoms with Gasteiger partial charge in [-0.3, -0.25) is 4.79 Å². The van der Waals surface area contributed by atoms with Crippen LogP contribution in [0.25, 0.3) is 0 Å². The Morgan fingerprint density at radius 1 is 0.704 bits per heavy atom. The molecule has 2 aromatic rings. The smallest absolute Gasteiger partial charge is 0.225 e. The maximum Gasteiger partial charge on any atom is 0.225 e. The van der Waals surface area contributed by atoms with E-state index in [-0.39, 0.29) is 18.2 Å². The Balaban J connectivity index is 2.20. The van der Waals surface area contributed by atoms with Gasteiger partial charge >= 0.3 is 0 Å². The Morgan fingerprint density at radius 3 is 1.74 bits per heavy atom. The molecule has 1 N–H and O–H groups in total. The third-order valence-electron chi connectivity index (χ3n) is 4.71. The second-order valence-electron chi connectivity index (χ2n) is 6.05. The van der Waals surface area contributed by atoms with Gasteiger partial charge in [-0.2, -0.15) is 0 Å². The molecule has 1 atom stereocenters. The molecule has 1 aliphatic heterocycles. The van der Waals surface area contributed by atoms with E-state index in [1.807, 2.05) is 12.1 Å². The Kier molecular flexibility index (Phi) is 5.30. The highest BCUT2D eigenvalue weighted by Crippen LogP contribution is 2.47. The number of anilines is 1. The molecule has 0 saturated carbocycles. The van der Waals surface area contributed by atoms with Gasteiger partial charge in [0, 0.05) is 35.7 Å². The van der Waals surface area contributed by atoms with Crippen LogP contribution in [-0.4, -0.2) is 41.5 Å². The molecule has 0 bridgehead atoms. The summed E-state index contributed by atoms with van der Waals surface area (Å²) in [6.45, 7) is 0. The average molecular weight is 373 g/mol. The van der Waals surface area contributed by atoms with E-state index in [0.29, 0.717) is 34.4 Å². The number of amides is 1. The third-order valence-corrected chi connectivity index (χ3v) is 4.71. The van der Waals surface area contributed by atoms with Crippen molar-refractivity contribution in [2.45, 2.75) is 12.3 Å². The van der Waals surface area contributed by atoms with Gasteiger partial charge in [0.1, 0.15) is 5.75 Å². The molecule has 0 fully saturated rings. The van der Waals surface area contributed by atoms with E-state index in [2.05, 4.69) is 5.32 Å². The summed E-state index contributed by atoms with van der Waals surface area (Å²) in [7, 11) is 7.87. The zero-order valence-electron chi connectivity index (χ0n) is 16.0. The Hall–Kier alpha value is -3.09. The van der Waals surface area contributed by atoms with Gasteiger partial charge in [-0.15, -0.1) is 0 Å². The largest absolute Gasteiger partial charge is 0.496 e. The second-order valence-corrected chi connectivity index (χ2v) is 6.05. The number of benzene rings is 2. The molecule has 1 heterocycles. The van der Waals surface area contributed by atoms with Crippen molar-refractivity contribution in [3.8, 4) is 28.7 Å². The van der Waals surface area contributed by atoms with Crippen LogP contribution in [0.1, 0.15) is 23.5 Å². The predicted octanol–water partition coefficient (Wildman–Crippen LogP) is 3.20. The molecule has 1 amide bonds. The van der Waals surface area contributed by atoms with E-state index >= 15 is 0 Å². The van der Waals surface area contributed by atoms with Crippen LogP contribution in [0.4, 0.5) is 5.69 Å². The van der Waals surface area contributed by atoms with E-state index in [4.69, 9.17) is 23.7 Å². The minimum Gasteiger partial charge on any atom is -0.496 e. The van der Waals surface area contributed by atoms with E-state index < -0.39 is 0 Å². The highest BCUT2D eigenvalue weighted by molar-refractivity contribution is 5.96. The van der Waals surface area contributed by atoms with Crippen molar-refractivity contribution in [2.24, 2.45) is 0 Å². The van der Waals surface area contributed by atoms with Crippen molar-refractivity contribution in [3.63, 3.8) is 0 Å². The summed E-state index contributed by atoms with van der Waals surface area (Å²) >= 11 is 0. The Labute approximate surface area is 158 Å². The predicted molar refractivity (Wildman–Crippen MR) is 101 cm³/mol. The van der Waals surface area contributed by atoms with Crippen LogP contribution in [0.3, 0.4) is 0 Å². The number of rotatable bonds is 6. The first-order valence-electron chi connectivity index (χ1n) is 8.41. The van der Waals surface area contributed by atoms with Crippen molar-refractivity contribution < 1.29 is 28.5 Å². The lowest BCUT2D eigenvalue weighted by molar-refractivity contribution is -0.116. The Morgan fingerprint density at radius 2 is 1.19 bits per heavy atom. The number of methoxy groups -OCH3 is 5. The van der Waals surface area contributed by atoms with E-state index in [9.17, 15) is 4.79 Å². The van der Waals surface area contributed by atoms with Gasteiger partial charge in [0.05, 0.1) is 35.5 Å². The maximum atomic E-state index is 12.4. The van der Waals surface area contributed by atoms with Crippen LogP contribution < -0.4 is 29.0 Å². The summed E-state index contributed by atoms with van der Waals surface area (Å²) in [6, 6.07) is 7.27. The molecule has 0 aliphatic carbocycles. The molecular formula is C20H23NO6. The minimum atomic E-state index is -0.233. The summed E-state index contributed by atoms with van der Waals surface area (Å²) in [4.78, 5) is 12.4. The molecule has 0 unspecified atom stereocenters. The normalized spacial score (nSPS) is 15.4. The molecule has 7 heteroatoms. The van der Waals surface area contributed by atoms with Crippen LogP contribution in [0.5, 0.6) is 28.7 Å². The summed E-state index contributed by atoms with van der Waals surface area (Å²) in [5, 5.41) is 2.90. The fourth-order valence-electron chi connectivity index (χ4n) is 3.39. The van der Waals surface area contributed by atoms with Crippen molar-refractivity contribution in [1.82, 2.24) is 0 Å². The van der Waals surface area contributed by atoms with Gasteiger partial charge in [-0.1, -0.05) is 0 Å². The van der Waals surface area contributed by atoms with Crippen molar-refractivity contribution in [2.75, 3.05) is 40.9 Å². The van der Waals surface area contributed by atoms with Gasteiger partial charge in [0.15, 0.2) is 23.0 Å². The molecule has 0 aromatic heterocycles. The molecule has 27 heavy (non-hydrogen) atoms. The monoisotopic (exact) mass is 373 g/mol. The van der Waals surface area contributed by atoms with Gasteiger partial charge in [-0.25, -0.2) is 0 Å². The fourth-order valence-corrected chi connectivity index (χ4v) is 3.39. The zero-order chi connectivity index (χ0) is 19.6. The zero-order valence-corrected chi connectivity index (χ0v) is 16.0. The van der Waals surface area contributed by atoms with E-state index in [1.54, 1.807) is 47.7 Å². The fraction of sp³-hybridized carbons (Fsp3) is 0.350. The lowest BCUT2D eigenvalue weighted by atomic mass is 9.83. The first-order chi connectivity index (χ1) is 13.1. The van der Waals surface area contributed by atoms with Gasteiger partial charge in [0.25, 0.3) is 0 Å². The van der Waals surface area contributed by atoms with Gasteiger partial charge < -0.3 is 29.0 Å². The number of nitrogens with one attached hydrogen (secondary N) is 1. The minimum absolute atomic E-state index is 0.0865. The number of fused-ring (bicyclic) bond motifs is 1. The van der Waals surface area contributed by atoms with Gasteiger partial charge in [-0.05, 0) is 17.7 Å². The van der Waals surface area contributed by atoms with Crippen LogP contribution >= 0.6 is 0 Å². The molecule has 0 spiro atoms.